The van der Waals surface area contributed by atoms with E-state index in [2.05, 4.69) is 0 Å². The Morgan fingerprint density at radius 2 is 1.38 bits per heavy atom. The van der Waals surface area contributed by atoms with Crippen LogP contribution in [0.3, 0.4) is 0 Å². The van der Waals surface area contributed by atoms with Crippen LogP contribution in [0.25, 0.3) is 0 Å². The summed E-state index contributed by atoms with van der Waals surface area (Å²) in [5.41, 5.74) is 0.902. The smallest absolute Gasteiger partial charge is 0.344 e. The number of halogens is 1. The second kappa shape index (κ2) is 12.0. The molecule has 186 valence electrons. The number of ether oxygens (including phenoxy) is 4. The number of benzene rings is 2. The first-order valence-electron chi connectivity index (χ1n) is 9.87. The van der Waals surface area contributed by atoms with E-state index < -0.39 is 56.4 Å². The number of rotatable bonds is 12. The van der Waals surface area contributed by atoms with Gasteiger partial charge in [-0.1, -0.05) is 17.7 Å². The lowest BCUT2D eigenvalue weighted by atomic mass is 10.2. The number of esters is 2. The fourth-order valence-electron chi connectivity index (χ4n) is 2.52. The molecule has 0 N–H and O–H groups in total. The van der Waals surface area contributed by atoms with Crippen LogP contribution in [-0.2, 0) is 38.0 Å². The summed E-state index contributed by atoms with van der Waals surface area (Å²) in [5, 5.41) is 0. The average molecular weight is 535 g/mol. The van der Waals surface area contributed by atoms with Crippen molar-refractivity contribution in [3.05, 3.63) is 48.0 Å². The maximum atomic E-state index is 12.3. The SMILES string of the molecule is CCOC(=O)COc1ccc(S(=O)(=O)Cl)cc1OCC(=O)OCCS(=O)(=O)c1ccc(C)cc1. The maximum absolute atomic E-state index is 12.3. The molecule has 34 heavy (non-hydrogen) atoms. The fourth-order valence-corrected chi connectivity index (χ4v) is 4.37. The molecule has 0 heterocycles. The van der Waals surface area contributed by atoms with Crippen molar-refractivity contribution in [2.75, 3.05) is 32.2 Å². The molecule has 0 atom stereocenters. The topological polar surface area (TPSA) is 139 Å². The van der Waals surface area contributed by atoms with E-state index >= 15 is 0 Å². The quantitative estimate of drug-likeness (QED) is 0.294. The van der Waals surface area contributed by atoms with Gasteiger partial charge in [0.15, 0.2) is 34.6 Å². The van der Waals surface area contributed by atoms with Gasteiger partial charge in [0.05, 0.1) is 22.2 Å². The van der Waals surface area contributed by atoms with Crippen LogP contribution >= 0.6 is 10.7 Å². The lowest BCUT2D eigenvalue weighted by Crippen LogP contribution is -2.20. The summed E-state index contributed by atoms with van der Waals surface area (Å²) in [4.78, 5) is 23.3. The van der Waals surface area contributed by atoms with Crippen LogP contribution < -0.4 is 9.47 Å². The highest BCUT2D eigenvalue weighted by atomic mass is 35.7. The van der Waals surface area contributed by atoms with Crippen LogP contribution in [0.1, 0.15) is 12.5 Å². The van der Waals surface area contributed by atoms with Crippen molar-refractivity contribution in [3.8, 4) is 11.5 Å². The first-order valence-corrected chi connectivity index (χ1v) is 13.8. The molecule has 0 aliphatic carbocycles. The number of hydrogen-bond acceptors (Lipinski definition) is 10. The van der Waals surface area contributed by atoms with Crippen LogP contribution in [0.4, 0.5) is 0 Å². The van der Waals surface area contributed by atoms with Crippen LogP contribution in [-0.4, -0.2) is 61.0 Å². The van der Waals surface area contributed by atoms with Crippen LogP contribution in [0.2, 0.25) is 0 Å². The van der Waals surface area contributed by atoms with Gasteiger partial charge in [-0.05, 0) is 38.1 Å². The van der Waals surface area contributed by atoms with Crippen molar-refractivity contribution < 1.29 is 45.4 Å². The molecule has 0 unspecified atom stereocenters. The van der Waals surface area contributed by atoms with Gasteiger partial charge in [-0.25, -0.2) is 26.4 Å². The van der Waals surface area contributed by atoms with Gasteiger partial charge in [0.1, 0.15) is 6.61 Å². The zero-order valence-corrected chi connectivity index (χ0v) is 20.7. The molecule has 0 bridgehead atoms. The number of carbonyl (C=O) groups excluding carboxylic acids is 2. The van der Waals surface area contributed by atoms with E-state index in [0.29, 0.717) is 0 Å². The van der Waals surface area contributed by atoms with Crippen molar-refractivity contribution in [2.45, 2.75) is 23.6 Å². The first kappa shape index (κ1) is 27.4. The largest absolute Gasteiger partial charge is 0.478 e. The highest BCUT2D eigenvalue weighted by Gasteiger charge is 2.18. The Kier molecular flexibility index (Phi) is 9.71. The normalized spacial score (nSPS) is 11.5. The number of hydrogen-bond donors (Lipinski definition) is 0. The first-order chi connectivity index (χ1) is 15.9. The van der Waals surface area contributed by atoms with E-state index in [1.807, 2.05) is 6.92 Å². The molecule has 0 spiro atoms. The molecule has 0 aromatic heterocycles. The van der Waals surface area contributed by atoms with E-state index in [1.54, 1.807) is 19.1 Å². The Morgan fingerprint density at radius 1 is 0.824 bits per heavy atom. The van der Waals surface area contributed by atoms with Gasteiger partial charge in [0, 0.05) is 16.7 Å². The van der Waals surface area contributed by atoms with Crippen molar-refractivity contribution in [1.82, 2.24) is 0 Å². The standard InChI is InChI=1S/C21H23ClO10S2/c1-3-29-20(23)13-31-18-9-8-17(34(22,27)28)12-19(18)32-14-21(24)30-10-11-33(25,26)16-6-4-15(2)5-7-16/h4-9,12H,3,10-11,13-14H2,1-2H3. The molecule has 2 aromatic rings. The molecule has 2 rings (SSSR count). The predicted octanol–water partition coefficient (Wildman–Crippen LogP) is 2.26. The Hall–Kier alpha value is -2.83. The van der Waals surface area contributed by atoms with Gasteiger partial charge in [-0.2, -0.15) is 0 Å². The van der Waals surface area contributed by atoms with Crippen molar-refractivity contribution in [1.29, 1.82) is 0 Å². The third-order valence-corrected chi connectivity index (χ3v) is 7.23. The zero-order chi connectivity index (χ0) is 25.4. The molecule has 2 aromatic carbocycles. The minimum absolute atomic E-state index is 0.0492. The number of carbonyl (C=O) groups is 2. The average Bonchev–Trinajstić information content (AvgIpc) is 2.76. The highest BCUT2D eigenvalue weighted by molar-refractivity contribution is 8.13. The summed E-state index contributed by atoms with van der Waals surface area (Å²) < 4.78 is 68.0. The lowest BCUT2D eigenvalue weighted by Gasteiger charge is -2.13. The molecule has 10 nitrogen and oxygen atoms in total. The lowest BCUT2D eigenvalue weighted by molar-refractivity contribution is -0.146. The summed E-state index contributed by atoms with van der Waals surface area (Å²) in [7, 11) is -2.43. The van der Waals surface area contributed by atoms with Crippen molar-refractivity contribution >= 4 is 41.5 Å². The van der Waals surface area contributed by atoms with E-state index in [1.165, 1.54) is 18.2 Å². The van der Waals surface area contributed by atoms with Gasteiger partial charge in [0.2, 0.25) is 0 Å². The molecule has 0 aliphatic heterocycles. The van der Waals surface area contributed by atoms with Crippen molar-refractivity contribution in [3.63, 3.8) is 0 Å². The number of sulfone groups is 1. The van der Waals surface area contributed by atoms with E-state index in [0.717, 1.165) is 17.7 Å². The molecule has 0 radical (unpaired) electrons. The molecule has 0 saturated carbocycles. The molecular formula is C21H23ClO10S2. The van der Waals surface area contributed by atoms with E-state index in [9.17, 15) is 26.4 Å². The summed E-state index contributed by atoms with van der Waals surface area (Å²) >= 11 is 0. The van der Waals surface area contributed by atoms with Crippen molar-refractivity contribution in [2.24, 2.45) is 0 Å². The van der Waals surface area contributed by atoms with E-state index in [-0.39, 0.29) is 27.9 Å². The second-order valence-corrected chi connectivity index (χ2v) is 11.5. The minimum atomic E-state index is -4.12. The third-order valence-electron chi connectivity index (χ3n) is 4.19. The molecule has 0 fully saturated rings. The van der Waals surface area contributed by atoms with Gasteiger partial charge in [-0.3, -0.25) is 0 Å². The minimum Gasteiger partial charge on any atom is -0.478 e. The summed E-state index contributed by atoms with van der Waals surface area (Å²) in [6, 6.07) is 9.58. The number of aryl methyl sites for hydroxylation is 1. The van der Waals surface area contributed by atoms with Crippen LogP contribution in [0.5, 0.6) is 11.5 Å². The van der Waals surface area contributed by atoms with Crippen LogP contribution in [0.15, 0.2) is 52.3 Å². The van der Waals surface area contributed by atoms with Gasteiger partial charge in [0.25, 0.3) is 9.05 Å². The molecular weight excluding hydrogens is 512 g/mol. The Bertz CT molecular complexity index is 1220. The third kappa shape index (κ3) is 8.50. The van der Waals surface area contributed by atoms with Gasteiger partial charge < -0.3 is 18.9 Å². The van der Waals surface area contributed by atoms with Crippen LogP contribution in [0, 0.1) is 6.92 Å². The van der Waals surface area contributed by atoms with Gasteiger partial charge >= 0.3 is 11.9 Å². The monoisotopic (exact) mass is 534 g/mol. The molecule has 0 aliphatic rings. The Labute approximate surface area is 202 Å². The molecule has 13 heteroatoms. The maximum Gasteiger partial charge on any atom is 0.344 e. The summed E-state index contributed by atoms with van der Waals surface area (Å²) in [5.74, 6) is -2.26. The Morgan fingerprint density at radius 3 is 1.97 bits per heavy atom. The fraction of sp³-hybridized carbons (Fsp3) is 0.333. The predicted molar refractivity (Wildman–Crippen MR) is 121 cm³/mol. The summed E-state index contributed by atoms with van der Waals surface area (Å²) in [6.07, 6.45) is 0. The van der Waals surface area contributed by atoms with Gasteiger partial charge in [-0.15, -0.1) is 0 Å². The summed E-state index contributed by atoms with van der Waals surface area (Å²) in [6.45, 7) is 1.99. The Balaban J connectivity index is 1.99. The zero-order valence-electron chi connectivity index (χ0n) is 18.4. The highest BCUT2D eigenvalue weighted by Crippen LogP contribution is 2.31. The second-order valence-electron chi connectivity index (χ2n) is 6.78. The molecule has 0 saturated heterocycles. The molecule has 0 amide bonds. The van der Waals surface area contributed by atoms with E-state index in [4.69, 9.17) is 29.6 Å².